The molecule has 0 aliphatic rings. The summed E-state index contributed by atoms with van der Waals surface area (Å²) in [5, 5.41) is 3.75. The summed E-state index contributed by atoms with van der Waals surface area (Å²) in [7, 11) is 1.97. The third-order valence-corrected chi connectivity index (χ3v) is 4.10. The zero-order valence-electron chi connectivity index (χ0n) is 12.5. The Morgan fingerprint density at radius 2 is 2.24 bits per heavy atom. The number of thioether (sulfide) groups is 1. The maximum Gasteiger partial charge on any atom is 0.230 e. The zero-order valence-corrected chi connectivity index (χ0v) is 13.3. The summed E-state index contributed by atoms with van der Waals surface area (Å²) < 4.78 is 7.24. The number of imidazole rings is 1. The van der Waals surface area contributed by atoms with Crippen LogP contribution >= 0.6 is 11.8 Å². The smallest absolute Gasteiger partial charge is 0.230 e. The molecule has 0 unspecified atom stereocenters. The first-order chi connectivity index (χ1) is 10.2. The van der Waals surface area contributed by atoms with Crippen LogP contribution in [-0.4, -0.2) is 41.0 Å². The Hall–Kier alpha value is -1.53. The predicted octanol–water partition coefficient (Wildman–Crippen LogP) is 2.21. The van der Waals surface area contributed by atoms with E-state index < -0.39 is 0 Å². The summed E-state index contributed by atoms with van der Waals surface area (Å²) in [4.78, 5) is 16.3. The fraction of sp³-hybridized carbons (Fsp3) is 0.467. The molecule has 21 heavy (non-hydrogen) atoms. The van der Waals surface area contributed by atoms with Crippen molar-refractivity contribution in [3.63, 3.8) is 0 Å². The van der Waals surface area contributed by atoms with E-state index in [0.29, 0.717) is 18.9 Å². The predicted molar refractivity (Wildman–Crippen MR) is 85.6 cm³/mol. The average Bonchev–Trinajstić information content (AvgIpc) is 2.82. The molecule has 2 aromatic rings. The molecule has 1 amide bonds. The van der Waals surface area contributed by atoms with E-state index in [4.69, 9.17) is 4.74 Å². The number of fused-ring (bicyclic) bond motifs is 1. The Morgan fingerprint density at radius 3 is 3.00 bits per heavy atom. The molecule has 6 heteroatoms. The third kappa shape index (κ3) is 4.47. The second kappa shape index (κ2) is 8.05. The zero-order chi connectivity index (χ0) is 15.1. The largest absolute Gasteiger partial charge is 0.382 e. The van der Waals surface area contributed by atoms with Gasteiger partial charge in [-0.15, -0.1) is 0 Å². The van der Waals surface area contributed by atoms with Crippen molar-refractivity contribution in [2.45, 2.75) is 18.5 Å². The quantitative estimate of drug-likeness (QED) is 0.600. The minimum absolute atomic E-state index is 0.0311. The molecule has 1 heterocycles. The molecule has 0 saturated heterocycles. The van der Waals surface area contributed by atoms with Gasteiger partial charge in [0.25, 0.3) is 0 Å². The number of benzene rings is 1. The number of hydrogen-bond acceptors (Lipinski definition) is 4. The molecule has 0 spiro atoms. The summed E-state index contributed by atoms with van der Waals surface area (Å²) in [5.41, 5.74) is 2.04. The second-order valence-electron chi connectivity index (χ2n) is 4.63. The van der Waals surface area contributed by atoms with Crippen LogP contribution in [0.15, 0.2) is 29.4 Å². The highest BCUT2D eigenvalue weighted by Crippen LogP contribution is 2.22. The van der Waals surface area contributed by atoms with Crippen LogP contribution in [0.3, 0.4) is 0 Å². The second-order valence-corrected chi connectivity index (χ2v) is 5.57. The summed E-state index contributed by atoms with van der Waals surface area (Å²) in [6, 6.07) is 7.96. The monoisotopic (exact) mass is 307 g/mol. The molecular weight excluding hydrogens is 286 g/mol. The molecule has 2 rings (SSSR count). The van der Waals surface area contributed by atoms with Crippen LogP contribution in [0, 0.1) is 0 Å². The van der Waals surface area contributed by atoms with Gasteiger partial charge in [0.2, 0.25) is 5.91 Å². The van der Waals surface area contributed by atoms with Crippen molar-refractivity contribution in [3.8, 4) is 0 Å². The lowest BCUT2D eigenvalue weighted by molar-refractivity contribution is -0.118. The number of hydrogen-bond donors (Lipinski definition) is 1. The molecule has 0 bridgehead atoms. The van der Waals surface area contributed by atoms with Gasteiger partial charge >= 0.3 is 0 Å². The topological polar surface area (TPSA) is 56.1 Å². The number of rotatable bonds is 8. The van der Waals surface area contributed by atoms with Gasteiger partial charge in [0, 0.05) is 26.8 Å². The molecule has 0 atom stereocenters. The molecule has 1 aromatic heterocycles. The molecule has 1 N–H and O–H groups in total. The molecule has 0 aliphatic carbocycles. The van der Waals surface area contributed by atoms with Crippen molar-refractivity contribution < 1.29 is 9.53 Å². The molecule has 0 aliphatic heterocycles. The van der Waals surface area contributed by atoms with E-state index in [1.807, 2.05) is 42.8 Å². The first kappa shape index (κ1) is 15.9. The molecule has 1 aromatic carbocycles. The van der Waals surface area contributed by atoms with Gasteiger partial charge in [-0.1, -0.05) is 23.9 Å². The van der Waals surface area contributed by atoms with E-state index in [1.54, 1.807) is 0 Å². The van der Waals surface area contributed by atoms with Crippen LogP contribution in [0.4, 0.5) is 0 Å². The Bertz CT molecular complexity index is 598. The molecule has 0 radical (unpaired) electrons. The van der Waals surface area contributed by atoms with Crippen LogP contribution in [-0.2, 0) is 16.6 Å². The summed E-state index contributed by atoms with van der Waals surface area (Å²) >= 11 is 1.46. The normalized spacial score (nSPS) is 11.0. The van der Waals surface area contributed by atoms with Crippen LogP contribution < -0.4 is 5.32 Å². The number of para-hydroxylation sites is 2. The Morgan fingerprint density at radius 1 is 1.43 bits per heavy atom. The number of aromatic nitrogens is 2. The molecule has 0 saturated carbocycles. The van der Waals surface area contributed by atoms with Crippen molar-refractivity contribution in [1.29, 1.82) is 0 Å². The fourth-order valence-electron chi connectivity index (χ4n) is 1.98. The number of aryl methyl sites for hydroxylation is 1. The van der Waals surface area contributed by atoms with Crippen LogP contribution in [0.1, 0.15) is 13.3 Å². The first-order valence-electron chi connectivity index (χ1n) is 7.11. The molecule has 0 fully saturated rings. The highest BCUT2D eigenvalue weighted by molar-refractivity contribution is 7.99. The van der Waals surface area contributed by atoms with Gasteiger partial charge < -0.3 is 14.6 Å². The Kier molecular flexibility index (Phi) is 6.07. The van der Waals surface area contributed by atoms with Gasteiger partial charge in [-0.3, -0.25) is 4.79 Å². The van der Waals surface area contributed by atoms with Gasteiger partial charge in [-0.25, -0.2) is 4.98 Å². The van der Waals surface area contributed by atoms with Crippen molar-refractivity contribution in [2.24, 2.45) is 7.05 Å². The van der Waals surface area contributed by atoms with Gasteiger partial charge in [-0.2, -0.15) is 0 Å². The Balaban J connectivity index is 1.79. The first-order valence-corrected chi connectivity index (χ1v) is 8.09. The fourth-order valence-corrected chi connectivity index (χ4v) is 2.80. The van der Waals surface area contributed by atoms with Crippen LogP contribution in [0.25, 0.3) is 11.0 Å². The molecule has 114 valence electrons. The van der Waals surface area contributed by atoms with Crippen LogP contribution in [0.2, 0.25) is 0 Å². The highest BCUT2D eigenvalue weighted by atomic mass is 32.2. The van der Waals surface area contributed by atoms with E-state index in [0.717, 1.165) is 29.2 Å². The van der Waals surface area contributed by atoms with Crippen molar-refractivity contribution in [1.82, 2.24) is 14.9 Å². The summed E-state index contributed by atoms with van der Waals surface area (Å²) in [6.45, 7) is 4.03. The van der Waals surface area contributed by atoms with E-state index in [9.17, 15) is 4.79 Å². The van der Waals surface area contributed by atoms with Crippen LogP contribution in [0.5, 0.6) is 0 Å². The standard InChI is InChI=1S/C15H21N3O2S/c1-3-20-10-6-9-16-14(19)11-21-15-17-12-7-4-5-8-13(12)18(15)2/h4-5,7-8H,3,6,9-11H2,1-2H3,(H,16,19). The molecule has 5 nitrogen and oxygen atoms in total. The number of amides is 1. The maximum atomic E-state index is 11.8. The lowest BCUT2D eigenvalue weighted by Crippen LogP contribution is -2.27. The highest BCUT2D eigenvalue weighted by Gasteiger charge is 2.09. The van der Waals surface area contributed by atoms with Gasteiger partial charge in [0.15, 0.2) is 5.16 Å². The number of nitrogens with zero attached hydrogens (tertiary/aromatic N) is 2. The van der Waals surface area contributed by atoms with Gasteiger partial charge in [-0.05, 0) is 25.5 Å². The summed E-state index contributed by atoms with van der Waals surface area (Å²) in [6.07, 6.45) is 0.844. The minimum atomic E-state index is 0.0311. The van der Waals surface area contributed by atoms with E-state index >= 15 is 0 Å². The minimum Gasteiger partial charge on any atom is -0.382 e. The van der Waals surface area contributed by atoms with Crippen molar-refractivity contribution >= 4 is 28.7 Å². The number of nitrogens with one attached hydrogen (secondary N) is 1. The summed E-state index contributed by atoms with van der Waals surface area (Å²) in [5.74, 6) is 0.412. The van der Waals surface area contributed by atoms with Crippen molar-refractivity contribution in [2.75, 3.05) is 25.5 Å². The lowest BCUT2D eigenvalue weighted by atomic mass is 10.3. The SMILES string of the molecule is CCOCCCNC(=O)CSc1nc2ccccc2n1C. The number of carbonyl (C=O) groups excluding carboxylic acids is 1. The third-order valence-electron chi connectivity index (χ3n) is 3.07. The number of carbonyl (C=O) groups is 1. The van der Waals surface area contributed by atoms with Gasteiger partial charge in [0.05, 0.1) is 16.8 Å². The maximum absolute atomic E-state index is 11.8. The molecular formula is C15H21N3O2S. The average molecular weight is 307 g/mol. The Labute approximate surface area is 129 Å². The van der Waals surface area contributed by atoms with E-state index in [-0.39, 0.29) is 5.91 Å². The number of ether oxygens (including phenoxy) is 1. The van der Waals surface area contributed by atoms with E-state index in [1.165, 1.54) is 11.8 Å². The van der Waals surface area contributed by atoms with Crippen molar-refractivity contribution in [3.05, 3.63) is 24.3 Å². The van der Waals surface area contributed by atoms with E-state index in [2.05, 4.69) is 10.3 Å². The van der Waals surface area contributed by atoms with Gasteiger partial charge in [0.1, 0.15) is 0 Å². The lowest BCUT2D eigenvalue weighted by Gasteiger charge is -2.05.